The lowest BCUT2D eigenvalue weighted by Gasteiger charge is -2.16. The van der Waals surface area contributed by atoms with E-state index in [1.54, 1.807) is 0 Å². The van der Waals surface area contributed by atoms with Gasteiger partial charge in [0.1, 0.15) is 5.75 Å². The highest BCUT2D eigenvalue weighted by Gasteiger charge is 2.23. The molecule has 0 unspecified atom stereocenters. The summed E-state index contributed by atoms with van der Waals surface area (Å²) >= 11 is 0. The molecule has 0 aromatic heterocycles. The molecule has 1 N–H and O–H groups in total. The van der Waals surface area contributed by atoms with Gasteiger partial charge in [-0.15, -0.1) is 6.58 Å². The zero-order valence-corrected chi connectivity index (χ0v) is 9.97. The Morgan fingerprint density at radius 1 is 1.31 bits per heavy atom. The monoisotopic (exact) mass is 218 g/mol. The molecular formula is C14H18O2. The first-order valence-corrected chi connectivity index (χ1v) is 5.74. The van der Waals surface area contributed by atoms with Crippen molar-refractivity contribution in [3.63, 3.8) is 0 Å². The third-order valence-electron chi connectivity index (χ3n) is 3.40. The predicted octanol–water partition coefficient (Wildman–Crippen LogP) is 3.02. The van der Waals surface area contributed by atoms with Crippen LogP contribution in [0.4, 0.5) is 0 Å². The number of phenols is 1. The van der Waals surface area contributed by atoms with Crippen molar-refractivity contribution >= 4 is 0 Å². The van der Waals surface area contributed by atoms with E-state index in [4.69, 9.17) is 4.74 Å². The first-order chi connectivity index (χ1) is 7.70. The lowest BCUT2D eigenvalue weighted by Crippen LogP contribution is -2.02. The summed E-state index contributed by atoms with van der Waals surface area (Å²) in [6, 6.07) is 0. The molecule has 86 valence electrons. The third kappa shape index (κ3) is 1.54. The second-order valence-electron chi connectivity index (χ2n) is 4.23. The van der Waals surface area contributed by atoms with Crippen molar-refractivity contribution in [2.24, 2.45) is 0 Å². The van der Waals surface area contributed by atoms with Crippen LogP contribution < -0.4 is 0 Å². The van der Waals surface area contributed by atoms with Gasteiger partial charge < -0.3 is 9.84 Å². The highest BCUT2D eigenvalue weighted by atomic mass is 16.5. The average molecular weight is 218 g/mol. The van der Waals surface area contributed by atoms with Crippen LogP contribution in [-0.4, -0.2) is 5.11 Å². The van der Waals surface area contributed by atoms with Crippen LogP contribution in [0, 0.1) is 6.92 Å². The van der Waals surface area contributed by atoms with E-state index in [2.05, 4.69) is 20.4 Å². The second kappa shape index (κ2) is 4.30. The SMILES string of the molecule is C=CCc1c(O)c2c(c(C)c1CC)COC2. The molecule has 0 bridgehead atoms. The van der Waals surface area contributed by atoms with Gasteiger partial charge in [0.25, 0.3) is 0 Å². The van der Waals surface area contributed by atoms with Gasteiger partial charge in [0.2, 0.25) is 0 Å². The molecule has 0 fully saturated rings. The van der Waals surface area contributed by atoms with Gasteiger partial charge in [-0.3, -0.25) is 0 Å². The minimum Gasteiger partial charge on any atom is -0.507 e. The van der Waals surface area contributed by atoms with Crippen molar-refractivity contribution in [1.29, 1.82) is 0 Å². The molecule has 0 aliphatic carbocycles. The van der Waals surface area contributed by atoms with Crippen molar-refractivity contribution in [2.75, 3.05) is 0 Å². The summed E-state index contributed by atoms with van der Waals surface area (Å²) in [5.41, 5.74) is 5.72. The number of fused-ring (bicyclic) bond motifs is 1. The average Bonchev–Trinajstić information content (AvgIpc) is 2.75. The van der Waals surface area contributed by atoms with Gasteiger partial charge in [-0.1, -0.05) is 13.0 Å². The van der Waals surface area contributed by atoms with E-state index < -0.39 is 0 Å². The van der Waals surface area contributed by atoms with Crippen molar-refractivity contribution in [2.45, 2.75) is 39.9 Å². The smallest absolute Gasteiger partial charge is 0.125 e. The third-order valence-corrected chi connectivity index (χ3v) is 3.40. The van der Waals surface area contributed by atoms with Crippen LogP contribution in [0.15, 0.2) is 12.7 Å². The standard InChI is InChI=1S/C14H18O2/c1-4-6-11-10(5-2)9(3)12-7-16-8-13(12)14(11)15/h4,15H,1,5-8H2,2-3H3. The Kier molecular flexibility index (Phi) is 3.01. The van der Waals surface area contributed by atoms with Crippen molar-refractivity contribution < 1.29 is 9.84 Å². The van der Waals surface area contributed by atoms with Crippen LogP contribution in [-0.2, 0) is 30.8 Å². The van der Waals surface area contributed by atoms with Crippen LogP contribution >= 0.6 is 0 Å². The molecule has 1 aliphatic heterocycles. The topological polar surface area (TPSA) is 29.5 Å². The molecule has 0 atom stereocenters. The highest BCUT2D eigenvalue weighted by molar-refractivity contribution is 5.56. The Labute approximate surface area is 96.6 Å². The largest absolute Gasteiger partial charge is 0.507 e. The van der Waals surface area contributed by atoms with E-state index in [0.29, 0.717) is 19.0 Å². The van der Waals surface area contributed by atoms with E-state index in [9.17, 15) is 5.11 Å². The van der Waals surface area contributed by atoms with Gasteiger partial charge in [0, 0.05) is 11.1 Å². The molecule has 0 amide bonds. The van der Waals surface area contributed by atoms with Crippen molar-refractivity contribution in [1.82, 2.24) is 0 Å². The highest BCUT2D eigenvalue weighted by Crippen LogP contribution is 2.37. The van der Waals surface area contributed by atoms with Crippen LogP contribution in [0.2, 0.25) is 0 Å². The number of ether oxygens (including phenoxy) is 1. The van der Waals surface area contributed by atoms with Gasteiger partial charge in [-0.05, 0) is 36.5 Å². The van der Waals surface area contributed by atoms with Gasteiger partial charge in [0.05, 0.1) is 13.2 Å². The molecule has 16 heavy (non-hydrogen) atoms. The summed E-state index contributed by atoms with van der Waals surface area (Å²) in [7, 11) is 0. The fourth-order valence-corrected chi connectivity index (χ4v) is 2.55. The number of aromatic hydroxyl groups is 1. The summed E-state index contributed by atoms with van der Waals surface area (Å²) in [4.78, 5) is 0. The first kappa shape index (κ1) is 11.2. The first-order valence-electron chi connectivity index (χ1n) is 5.74. The summed E-state index contributed by atoms with van der Waals surface area (Å²) in [6.07, 6.45) is 3.51. The normalized spacial score (nSPS) is 13.9. The zero-order valence-electron chi connectivity index (χ0n) is 9.97. The summed E-state index contributed by atoms with van der Waals surface area (Å²) < 4.78 is 5.42. The molecule has 2 nitrogen and oxygen atoms in total. The molecular weight excluding hydrogens is 200 g/mol. The number of phenolic OH excluding ortho intramolecular Hbond substituents is 1. The quantitative estimate of drug-likeness (QED) is 0.790. The number of allylic oxidation sites excluding steroid dienone is 1. The lowest BCUT2D eigenvalue weighted by atomic mass is 9.89. The number of benzene rings is 1. The molecule has 1 aromatic rings. The molecule has 1 aromatic carbocycles. The summed E-state index contributed by atoms with van der Waals surface area (Å²) in [6.45, 7) is 9.17. The molecule has 0 spiro atoms. The lowest BCUT2D eigenvalue weighted by molar-refractivity contribution is 0.133. The van der Waals surface area contributed by atoms with E-state index in [1.807, 2.05) is 6.08 Å². The molecule has 2 heteroatoms. The predicted molar refractivity (Wildman–Crippen MR) is 64.6 cm³/mol. The van der Waals surface area contributed by atoms with Crippen LogP contribution in [0.1, 0.15) is 34.7 Å². The Bertz CT molecular complexity index is 433. The molecule has 1 aliphatic rings. The Balaban J connectivity index is 2.68. The van der Waals surface area contributed by atoms with Gasteiger partial charge in [-0.25, -0.2) is 0 Å². The number of rotatable bonds is 3. The van der Waals surface area contributed by atoms with Gasteiger partial charge in [0.15, 0.2) is 0 Å². The zero-order chi connectivity index (χ0) is 11.7. The maximum absolute atomic E-state index is 10.2. The van der Waals surface area contributed by atoms with E-state index in [0.717, 1.165) is 24.0 Å². The maximum Gasteiger partial charge on any atom is 0.125 e. The Hall–Kier alpha value is -1.28. The summed E-state index contributed by atoms with van der Waals surface area (Å²) in [5.74, 6) is 0.426. The van der Waals surface area contributed by atoms with E-state index in [-0.39, 0.29) is 0 Å². The van der Waals surface area contributed by atoms with E-state index in [1.165, 1.54) is 16.7 Å². The van der Waals surface area contributed by atoms with Crippen LogP contribution in [0.25, 0.3) is 0 Å². The van der Waals surface area contributed by atoms with Crippen LogP contribution in [0.3, 0.4) is 0 Å². The molecule has 1 heterocycles. The Morgan fingerprint density at radius 3 is 2.62 bits per heavy atom. The number of hydrogen-bond donors (Lipinski definition) is 1. The van der Waals surface area contributed by atoms with Crippen molar-refractivity contribution in [3.05, 3.63) is 40.5 Å². The molecule has 0 saturated heterocycles. The van der Waals surface area contributed by atoms with Crippen molar-refractivity contribution in [3.8, 4) is 5.75 Å². The minimum absolute atomic E-state index is 0.426. The molecule has 0 saturated carbocycles. The van der Waals surface area contributed by atoms with E-state index >= 15 is 0 Å². The maximum atomic E-state index is 10.2. The fourth-order valence-electron chi connectivity index (χ4n) is 2.55. The minimum atomic E-state index is 0.426. The Morgan fingerprint density at radius 2 is 2.00 bits per heavy atom. The molecule has 2 rings (SSSR count). The number of hydrogen-bond acceptors (Lipinski definition) is 2. The van der Waals surface area contributed by atoms with Crippen LogP contribution in [0.5, 0.6) is 5.75 Å². The summed E-state index contributed by atoms with van der Waals surface area (Å²) in [5, 5.41) is 10.2. The van der Waals surface area contributed by atoms with Gasteiger partial charge >= 0.3 is 0 Å². The molecule has 0 radical (unpaired) electrons. The second-order valence-corrected chi connectivity index (χ2v) is 4.23. The van der Waals surface area contributed by atoms with Gasteiger partial charge in [-0.2, -0.15) is 0 Å². The fraction of sp³-hybridized carbons (Fsp3) is 0.429.